The fourth-order valence-electron chi connectivity index (χ4n) is 3.40. The van der Waals surface area contributed by atoms with Crippen molar-refractivity contribution >= 4 is 22.2 Å². The Bertz CT molecular complexity index is 785. The summed E-state index contributed by atoms with van der Waals surface area (Å²) < 4.78 is 13.9. The number of pyridine rings is 1. The quantitative estimate of drug-likeness (QED) is 0.692. The topological polar surface area (TPSA) is 16.1 Å². The first kappa shape index (κ1) is 13.9. The van der Waals surface area contributed by atoms with Crippen LogP contribution in [0.2, 0.25) is 0 Å². The van der Waals surface area contributed by atoms with Gasteiger partial charge in [0.25, 0.3) is 0 Å². The van der Waals surface area contributed by atoms with Gasteiger partial charge in [-0.15, -0.1) is 0 Å². The number of likely N-dealkylation sites (tertiary alicyclic amines) is 1. The zero-order valence-electron chi connectivity index (χ0n) is 12.2. The highest BCUT2D eigenvalue weighted by atomic mass is 32.1. The Kier molecular flexibility index (Phi) is 3.64. The second kappa shape index (κ2) is 5.78. The standard InChI is InChI=1S/C18H17FN2S/c19-16-6-5-13(18-15(16)3-1-8-20-18)11-21-9-2-4-17(21)14-7-10-22-12-14/h1,3,5-8,10,12,17H,2,4,9,11H2/t17-/m0/s1. The molecule has 1 saturated heterocycles. The van der Waals surface area contributed by atoms with Gasteiger partial charge in [-0.05, 0) is 65.5 Å². The molecule has 3 aromatic rings. The zero-order valence-corrected chi connectivity index (χ0v) is 13.0. The lowest BCUT2D eigenvalue weighted by atomic mass is 10.1. The van der Waals surface area contributed by atoms with Gasteiger partial charge in [-0.2, -0.15) is 11.3 Å². The van der Waals surface area contributed by atoms with Crippen molar-refractivity contribution in [3.05, 3.63) is 64.2 Å². The highest BCUT2D eigenvalue weighted by molar-refractivity contribution is 7.07. The smallest absolute Gasteiger partial charge is 0.132 e. The number of hydrogen-bond acceptors (Lipinski definition) is 3. The number of nitrogens with zero attached hydrogens (tertiary/aromatic N) is 2. The minimum atomic E-state index is -0.192. The Labute approximate surface area is 133 Å². The Morgan fingerprint density at radius 3 is 3.09 bits per heavy atom. The molecule has 0 N–H and O–H groups in total. The molecule has 2 aromatic heterocycles. The SMILES string of the molecule is Fc1ccc(CN2CCC[C@H]2c2ccsc2)c2ncccc12. The summed E-state index contributed by atoms with van der Waals surface area (Å²) >= 11 is 1.75. The van der Waals surface area contributed by atoms with Gasteiger partial charge in [-0.3, -0.25) is 9.88 Å². The van der Waals surface area contributed by atoms with Gasteiger partial charge in [0.1, 0.15) is 5.82 Å². The average Bonchev–Trinajstić information content (AvgIpc) is 3.21. The van der Waals surface area contributed by atoms with E-state index >= 15 is 0 Å². The van der Waals surface area contributed by atoms with E-state index in [0.717, 1.165) is 24.2 Å². The molecule has 4 rings (SSSR count). The molecule has 1 aliphatic rings. The van der Waals surface area contributed by atoms with E-state index < -0.39 is 0 Å². The van der Waals surface area contributed by atoms with Gasteiger partial charge in [0.05, 0.1) is 5.52 Å². The van der Waals surface area contributed by atoms with Crippen LogP contribution >= 0.6 is 11.3 Å². The predicted octanol–water partition coefficient (Wildman–Crippen LogP) is 4.77. The lowest BCUT2D eigenvalue weighted by Crippen LogP contribution is -2.22. The lowest BCUT2D eigenvalue weighted by Gasteiger charge is -2.24. The summed E-state index contributed by atoms with van der Waals surface area (Å²) in [6, 6.07) is 9.74. The van der Waals surface area contributed by atoms with Crippen molar-refractivity contribution in [1.82, 2.24) is 9.88 Å². The average molecular weight is 312 g/mol. The van der Waals surface area contributed by atoms with Crippen LogP contribution in [0.1, 0.15) is 30.0 Å². The van der Waals surface area contributed by atoms with Crippen LogP contribution in [0.15, 0.2) is 47.3 Å². The van der Waals surface area contributed by atoms with E-state index in [1.807, 2.05) is 12.1 Å². The van der Waals surface area contributed by atoms with Crippen molar-refractivity contribution in [2.75, 3.05) is 6.54 Å². The van der Waals surface area contributed by atoms with E-state index in [1.54, 1.807) is 29.7 Å². The van der Waals surface area contributed by atoms with Gasteiger partial charge in [0.15, 0.2) is 0 Å². The number of thiophene rings is 1. The predicted molar refractivity (Wildman–Crippen MR) is 88.4 cm³/mol. The molecule has 0 radical (unpaired) electrons. The maximum atomic E-state index is 13.9. The monoisotopic (exact) mass is 312 g/mol. The van der Waals surface area contributed by atoms with E-state index in [0.29, 0.717) is 11.4 Å². The Balaban J connectivity index is 1.67. The summed E-state index contributed by atoms with van der Waals surface area (Å²) in [4.78, 5) is 6.90. The Hall–Kier alpha value is -1.78. The van der Waals surface area contributed by atoms with Crippen LogP contribution in [0.5, 0.6) is 0 Å². The molecule has 1 atom stereocenters. The fourth-order valence-corrected chi connectivity index (χ4v) is 4.11. The van der Waals surface area contributed by atoms with Gasteiger partial charge >= 0.3 is 0 Å². The summed E-state index contributed by atoms with van der Waals surface area (Å²) in [6.07, 6.45) is 4.15. The van der Waals surface area contributed by atoms with Crippen LogP contribution in [0.4, 0.5) is 4.39 Å². The number of aromatic nitrogens is 1. The third-order valence-electron chi connectivity index (χ3n) is 4.47. The van der Waals surface area contributed by atoms with Crippen LogP contribution in [0.25, 0.3) is 10.9 Å². The molecule has 1 aliphatic heterocycles. The Morgan fingerprint density at radius 1 is 1.27 bits per heavy atom. The van der Waals surface area contributed by atoms with E-state index in [1.165, 1.54) is 18.4 Å². The fraction of sp³-hybridized carbons (Fsp3) is 0.278. The third-order valence-corrected chi connectivity index (χ3v) is 5.17. The van der Waals surface area contributed by atoms with Gasteiger partial charge < -0.3 is 0 Å². The molecule has 1 aromatic carbocycles. The van der Waals surface area contributed by atoms with Crippen molar-refractivity contribution in [3.63, 3.8) is 0 Å². The lowest BCUT2D eigenvalue weighted by molar-refractivity contribution is 0.249. The van der Waals surface area contributed by atoms with Gasteiger partial charge in [-0.1, -0.05) is 6.07 Å². The van der Waals surface area contributed by atoms with Crippen LogP contribution < -0.4 is 0 Å². The number of fused-ring (bicyclic) bond motifs is 1. The van der Waals surface area contributed by atoms with Crippen LogP contribution in [0.3, 0.4) is 0 Å². The first-order valence-corrected chi connectivity index (χ1v) is 8.55. The highest BCUT2D eigenvalue weighted by Gasteiger charge is 2.26. The first-order chi connectivity index (χ1) is 10.8. The molecule has 0 amide bonds. The third kappa shape index (κ3) is 2.42. The minimum Gasteiger partial charge on any atom is -0.292 e. The largest absolute Gasteiger partial charge is 0.292 e. The molecule has 0 spiro atoms. The van der Waals surface area contributed by atoms with E-state index in [9.17, 15) is 4.39 Å². The number of halogens is 1. The van der Waals surface area contributed by atoms with Gasteiger partial charge in [0.2, 0.25) is 0 Å². The van der Waals surface area contributed by atoms with Gasteiger partial charge in [0, 0.05) is 24.2 Å². The summed E-state index contributed by atoms with van der Waals surface area (Å²) in [5.41, 5.74) is 3.31. The first-order valence-electron chi connectivity index (χ1n) is 7.61. The summed E-state index contributed by atoms with van der Waals surface area (Å²) in [5, 5.41) is 5.00. The van der Waals surface area contributed by atoms with E-state index in [2.05, 4.69) is 26.7 Å². The number of hydrogen-bond donors (Lipinski definition) is 0. The molecule has 112 valence electrons. The van der Waals surface area contributed by atoms with Crippen LogP contribution in [-0.4, -0.2) is 16.4 Å². The second-order valence-corrected chi connectivity index (χ2v) is 6.57. The molecule has 1 fully saturated rings. The maximum absolute atomic E-state index is 13.9. The van der Waals surface area contributed by atoms with Crippen molar-refractivity contribution in [2.24, 2.45) is 0 Å². The highest BCUT2D eigenvalue weighted by Crippen LogP contribution is 2.35. The van der Waals surface area contributed by atoms with E-state index in [-0.39, 0.29) is 5.82 Å². The zero-order chi connectivity index (χ0) is 14.9. The van der Waals surface area contributed by atoms with Gasteiger partial charge in [-0.25, -0.2) is 4.39 Å². The van der Waals surface area contributed by atoms with E-state index in [4.69, 9.17) is 0 Å². The van der Waals surface area contributed by atoms with Crippen LogP contribution in [-0.2, 0) is 6.54 Å². The molecule has 0 bridgehead atoms. The van der Waals surface area contributed by atoms with Crippen molar-refractivity contribution in [3.8, 4) is 0 Å². The number of rotatable bonds is 3. The molecule has 2 nitrogen and oxygen atoms in total. The molecule has 0 saturated carbocycles. The molecule has 0 aliphatic carbocycles. The summed E-state index contributed by atoms with van der Waals surface area (Å²) in [7, 11) is 0. The Morgan fingerprint density at radius 2 is 2.23 bits per heavy atom. The van der Waals surface area contributed by atoms with Crippen LogP contribution in [0, 0.1) is 5.82 Å². The molecule has 22 heavy (non-hydrogen) atoms. The van der Waals surface area contributed by atoms with Crippen molar-refractivity contribution in [1.29, 1.82) is 0 Å². The maximum Gasteiger partial charge on any atom is 0.132 e. The summed E-state index contributed by atoms with van der Waals surface area (Å²) in [6.45, 7) is 1.92. The van der Waals surface area contributed by atoms with Crippen molar-refractivity contribution in [2.45, 2.75) is 25.4 Å². The molecule has 0 unspecified atom stereocenters. The second-order valence-electron chi connectivity index (χ2n) is 5.79. The normalized spacial score (nSPS) is 19.0. The molecule has 3 heterocycles. The number of benzene rings is 1. The van der Waals surface area contributed by atoms with Crippen molar-refractivity contribution < 1.29 is 4.39 Å². The molecular formula is C18H17FN2S. The summed E-state index contributed by atoms with van der Waals surface area (Å²) in [5.74, 6) is -0.192. The minimum absolute atomic E-state index is 0.192. The molecular weight excluding hydrogens is 295 g/mol. The molecule has 4 heteroatoms.